The molecule has 0 aliphatic carbocycles. The first kappa shape index (κ1) is 17.1. The maximum absolute atomic E-state index is 11.3. The van der Waals surface area contributed by atoms with E-state index in [4.69, 9.17) is 5.11 Å². The fourth-order valence-electron chi connectivity index (χ4n) is 0.965. The summed E-state index contributed by atoms with van der Waals surface area (Å²) in [6, 6.07) is -1.58. The molecule has 0 saturated carbocycles. The average Bonchev–Trinajstić information content (AvgIpc) is 2.32. The predicted molar refractivity (Wildman–Crippen MR) is 60.3 cm³/mol. The standard InChI is InChI=1S/C8H14N2O8S/c1-17-6(11)4-3-5(7(12)13)9-19(15,16)10-8(14)18-2/h5,9H,3-4H2,1-2H3,(H,10,14)(H,12,13)/t5-/m1/s1. The van der Waals surface area contributed by atoms with Crippen LogP contribution in [0, 0.1) is 0 Å². The summed E-state index contributed by atoms with van der Waals surface area (Å²) >= 11 is 0. The van der Waals surface area contributed by atoms with Crippen molar-refractivity contribution in [2.75, 3.05) is 14.2 Å². The van der Waals surface area contributed by atoms with Gasteiger partial charge in [0.15, 0.2) is 0 Å². The Morgan fingerprint density at radius 3 is 2.21 bits per heavy atom. The minimum atomic E-state index is -4.40. The minimum absolute atomic E-state index is 0.297. The van der Waals surface area contributed by atoms with Gasteiger partial charge in [-0.3, -0.25) is 9.59 Å². The van der Waals surface area contributed by atoms with Gasteiger partial charge in [-0.1, -0.05) is 0 Å². The van der Waals surface area contributed by atoms with E-state index in [1.165, 1.54) is 4.72 Å². The molecule has 0 aromatic rings. The minimum Gasteiger partial charge on any atom is -0.480 e. The molecule has 0 aromatic carbocycles. The molecule has 0 rings (SSSR count). The third-order valence-electron chi connectivity index (χ3n) is 1.86. The van der Waals surface area contributed by atoms with E-state index in [0.29, 0.717) is 0 Å². The van der Waals surface area contributed by atoms with Crippen LogP contribution in [0.4, 0.5) is 4.79 Å². The topological polar surface area (TPSA) is 148 Å². The van der Waals surface area contributed by atoms with Gasteiger partial charge < -0.3 is 14.6 Å². The van der Waals surface area contributed by atoms with Gasteiger partial charge in [-0.15, -0.1) is 0 Å². The third kappa shape index (κ3) is 7.21. The number of amides is 1. The molecule has 10 nitrogen and oxygen atoms in total. The summed E-state index contributed by atoms with van der Waals surface area (Å²) in [5.74, 6) is -2.19. The second-order valence-electron chi connectivity index (χ2n) is 3.22. The van der Waals surface area contributed by atoms with Crippen molar-refractivity contribution in [3.05, 3.63) is 0 Å². The molecule has 19 heavy (non-hydrogen) atoms. The predicted octanol–water partition coefficient (Wildman–Crippen LogP) is -1.42. The Hall–Kier alpha value is -1.88. The first-order chi connectivity index (χ1) is 8.71. The SMILES string of the molecule is COC(=O)CC[C@@H](NS(=O)(=O)NC(=O)OC)C(=O)O. The normalized spacial score (nSPS) is 12.3. The summed E-state index contributed by atoms with van der Waals surface area (Å²) in [7, 11) is -2.35. The van der Waals surface area contributed by atoms with Crippen molar-refractivity contribution in [3.8, 4) is 0 Å². The lowest BCUT2D eigenvalue weighted by Gasteiger charge is -2.14. The van der Waals surface area contributed by atoms with Gasteiger partial charge in [0.1, 0.15) is 6.04 Å². The lowest BCUT2D eigenvalue weighted by Crippen LogP contribution is -2.48. The van der Waals surface area contributed by atoms with Crippen LogP contribution in [-0.2, 0) is 29.3 Å². The molecule has 110 valence electrons. The fourth-order valence-corrected chi connectivity index (χ4v) is 1.92. The Morgan fingerprint density at radius 1 is 1.21 bits per heavy atom. The Bertz CT molecular complexity index is 446. The molecule has 0 radical (unpaired) electrons. The van der Waals surface area contributed by atoms with E-state index in [0.717, 1.165) is 14.2 Å². The molecule has 0 saturated heterocycles. The summed E-state index contributed by atoms with van der Waals surface area (Å²) in [4.78, 5) is 32.4. The van der Waals surface area contributed by atoms with Gasteiger partial charge in [-0.25, -0.2) is 9.52 Å². The quantitative estimate of drug-likeness (QED) is 0.485. The Labute approximate surface area is 109 Å². The summed E-state index contributed by atoms with van der Waals surface area (Å²) in [5, 5.41) is 8.79. The molecule has 1 amide bonds. The fraction of sp³-hybridized carbons (Fsp3) is 0.625. The first-order valence-electron chi connectivity index (χ1n) is 4.89. The van der Waals surface area contributed by atoms with Gasteiger partial charge in [0.05, 0.1) is 14.2 Å². The smallest absolute Gasteiger partial charge is 0.421 e. The maximum atomic E-state index is 11.3. The largest absolute Gasteiger partial charge is 0.480 e. The van der Waals surface area contributed by atoms with E-state index in [1.54, 1.807) is 4.72 Å². The van der Waals surface area contributed by atoms with E-state index >= 15 is 0 Å². The lowest BCUT2D eigenvalue weighted by molar-refractivity contribution is -0.142. The van der Waals surface area contributed by atoms with Crippen LogP contribution in [0.3, 0.4) is 0 Å². The zero-order valence-corrected chi connectivity index (χ0v) is 11.0. The van der Waals surface area contributed by atoms with Crippen molar-refractivity contribution in [1.82, 2.24) is 9.44 Å². The zero-order valence-electron chi connectivity index (χ0n) is 10.2. The lowest BCUT2D eigenvalue weighted by atomic mass is 10.2. The van der Waals surface area contributed by atoms with Crippen LogP contribution in [0.15, 0.2) is 0 Å². The average molecular weight is 298 g/mol. The molecule has 3 N–H and O–H groups in total. The number of carboxylic acid groups (broad SMARTS) is 1. The Kier molecular flexibility index (Phi) is 6.79. The molecular weight excluding hydrogens is 284 g/mol. The highest BCUT2D eigenvalue weighted by Crippen LogP contribution is 2.01. The van der Waals surface area contributed by atoms with Crippen molar-refractivity contribution in [1.29, 1.82) is 0 Å². The number of ether oxygens (including phenoxy) is 2. The Balaban J connectivity index is 4.62. The highest BCUT2D eigenvalue weighted by atomic mass is 32.2. The van der Waals surface area contributed by atoms with Gasteiger partial charge in [0.2, 0.25) is 0 Å². The monoisotopic (exact) mass is 298 g/mol. The number of carboxylic acids is 1. The molecule has 0 unspecified atom stereocenters. The molecule has 0 aliphatic heterocycles. The van der Waals surface area contributed by atoms with E-state index in [2.05, 4.69) is 9.47 Å². The number of carbonyl (C=O) groups is 3. The number of nitrogens with one attached hydrogen (secondary N) is 2. The van der Waals surface area contributed by atoms with E-state index < -0.39 is 34.3 Å². The van der Waals surface area contributed by atoms with Crippen LogP contribution in [0.1, 0.15) is 12.8 Å². The van der Waals surface area contributed by atoms with Gasteiger partial charge in [0, 0.05) is 6.42 Å². The second-order valence-corrected chi connectivity index (χ2v) is 4.67. The molecule has 0 spiro atoms. The number of carbonyl (C=O) groups excluding carboxylic acids is 2. The van der Waals surface area contributed by atoms with E-state index in [-0.39, 0.29) is 12.8 Å². The number of hydrogen-bond acceptors (Lipinski definition) is 7. The molecule has 0 heterocycles. The molecule has 11 heteroatoms. The highest BCUT2D eigenvalue weighted by Gasteiger charge is 2.26. The van der Waals surface area contributed by atoms with Crippen LogP contribution in [0.5, 0.6) is 0 Å². The molecule has 0 bridgehead atoms. The van der Waals surface area contributed by atoms with Crippen LogP contribution in [0.2, 0.25) is 0 Å². The summed E-state index contributed by atoms with van der Waals surface area (Å²) in [6.07, 6.45) is -1.90. The van der Waals surface area contributed by atoms with Crippen LogP contribution < -0.4 is 9.44 Å². The summed E-state index contributed by atoms with van der Waals surface area (Å²) in [6.45, 7) is 0. The van der Waals surface area contributed by atoms with Crippen molar-refractivity contribution in [2.24, 2.45) is 0 Å². The van der Waals surface area contributed by atoms with Gasteiger partial charge in [-0.05, 0) is 6.42 Å². The van der Waals surface area contributed by atoms with E-state index in [1.807, 2.05) is 0 Å². The third-order valence-corrected chi connectivity index (χ3v) is 2.89. The molecule has 0 aliphatic rings. The number of aliphatic carboxylic acids is 1. The Morgan fingerprint density at radius 2 is 1.79 bits per heavy atom. The number of esters is 1. The molecule has 1 atom stereocenters. The van der Waals surface area contributed by atoms with Crippen molar-refractivity contribution < 1.29 is 37.4 Å². The van der Waals surface area contributed by atoms with E-state index in [9.17, 15) is 22.8 Å². The summed E-state index contributed by atoms with van der Waals surface area (Å²) in [5.41, 5.74) is 0. The number of rotatable bonds is 7. The first-order valence-corrected chi connectivity index (χ1v) is 6.37. The van der Waals surface area contributed by atoms with Gasteiger partial charge >= 0.3 is 28.2 Å². The molecule has 0 fully saturated rings. The summed E-state index contributed by atoms with van der Waals surface area (Å²) < 4.78 is 34.1. The molecular formula is C8H14N2O8S. The highest BCUT2D eigenvalue weighted by molar-refractivity contribution is 7.88. The molecule has 0 aromatic heterocycles. The van der Waals surface area contributed by atoms with Gasteiger partial charge in [-0.2, -0.15) is 13.1 Å². The van der Waals surface area contributed by atoms with Crippen molar-refractivity contribution in [2.45, 2.75) is 18.9 Å². The van der Waals surface area contributed by atoms with Crippen LogP contribution >= 0.6 is 0 Å². The maximum Gasteiger partial charge on any atom is 0.421 e. The van der Waals surface area contributed by atoms with Crippen LogP contribution in [0.25, 0.3) is 0 Å². The number of methoxy groups -OCH3 is 2. The zero-order chi connectivity index (χ0) is 15.1. The van der Waals surface area contributed by atoms with Crippen molar-refractivity contribution in [3.63, 3.8) is 0 Å². The van der Waals surface area contributed by atoms with Crippen LogP contribution in [-0.4, -0.2) is 51.8 Å². The second kappa shape index (κ2) is 7.53. The van der Waals surface area contributed by atoms with Gasteiger partial charge in [0.25, 0.3) is 0 Å². The van der Waals surface area contributed by atoms with Crippen molar-refractivity contribution >= 4 is 28.2 Å². The number of hydrogen-bond donors (Lipinski definition) is 3.